The molecule has 1 aliphatic carbocycles. The number of rotatable bonds is 5. The molecule has 2 fully saturated rings. The number of aromatic nitrogens is 2. The van der Waals surface area contributed by atoms with Crippen LogP contribution in [-0.2, 0) is 9.53 Å². The number of alkyl halides is 2. The fourth-order valence-electron chi connectivity index (χ4n) is 3.47. The second kappa shape index (κ2) is 7.59. The van der Waals surface area contributed by atoms with Crippen LogP contribution in [0.5, 0.6) is 0 Å². The topological polar surface area (TPSA) is 76.1 Å². The molecule has 1 aromatic heterocycles. The lowest BCUT2D eigenvalue weighted by Gasteiger charge is -2.38. The number of carbonyl (C=O) groups is 1. The van der Waals surface area contributed by atoms with E-state index in [0.29, 0.717) is 12.4 Å². The molecule has 1 saturated heterocycles. The summed E-state index contributed by atoms with van der Waals surface area (Å²) in [4.78, 5) is 19.7. The molecule has 0 spiro atoms. The van der Waals surface area contributed by atoms with Crippen LogP contribution >= 0.6 is 0 Å². The SMILES string of the molecule is CC1(Nc2cc(C(F)F)ncn2)CCC(NC(=O)C2CCCO2)CC1. The highest BCUT2D eigenvalue weighted by molar-refractivity contribution is 5.81. The Labute approximate surface area is 145 Å². The Kier molecular flexibility index (Phi) is 5.46. The number of hydrogen-bond acceptors (Lipinski definition) is 5. The lowest BCUT2D eigenvalue weighted by molar-refractivity contribution is -0.131. The van der Waals surface area contributed by atoms with Crippen molar-refractivity contribution in [2.45, 2.75) is 69.6 Å². The zero-order valence-corrected chi connectivity index (χ0v) is 14.3. The molecular weight excluding hydrogens is 330 g/mol. The van der Waals surface area contributed by atoms with Gasteiger partial charge in [0.2, 0.25) is 5.91 Å². The van der Waals surface area contributed by atoms with Gasteiger partial charge < -0.3 is 15.4 Å². The van der Waals surface area contributed by atoms with Gasteiger partial charge in [-0.15, -0.1) is 0 Å². The summed E-state index contributed by atoms with van der Waals surface area (Å²) in [7, 11) is 0. The van der Waals surface area contributed by atoms with Gasteiger partial charge in [-0.05, 0) is 45.4 Å². The second-order valence-corrected chi connectivity index (χ2v) is 7.10. The zero-order valence-electron chi connectivity index (χ0n) is 14.3. The molecule has 2 aliphatic rings. The molecule has 0 aromatic carbocycles. The highest BCUT2D eigenvalue weighted by atomic mass is 19.3. The third-order valence-electron chi connectivity index (χ3n) is 5.00. The van der Waals surface area contributed by atoms with Crippen LogP contribution in [0.25, 0.3) is 0 Å². The minimum absolute atomic E-state index is 0.0172. The van der Waals surface area contributed by atoms with Gasteiger partial charge in [0.15, 0.2) is 0 Å². The average Bonchev–Trinajstić information content (AvgIpc) is 3.12. The van der Waals surface area contributed by atoms with Gasteiger partial charge >= 0.3 is 0 Å². The molecule has 8 heteroatoms. The van der Waals surface area contributed by atoms with Crippen LogP contribution in [-0.4, -0.2) is 40.2 Å². The Hall–Kier alpha value is -1.83. The first-order valence-corrected chi connectivity index (χ1v) is 8.75. The second-order valence-electron chi connectivity index (χ2n) is 7.10. The van der Waals surface area contributed by atoms with Gasteiger partial charge in [-0.25, -0.2) is 18.7 Å². The van der Waals surface area contributed by atoms with E-state index >= 15 is 0 Å². The van der Waals surface area contributed by atoms with Crippen molar-refractivity contribution in [3.8, 4) is 0 Å². The van der Waals surface area contributed by atoms with Crippen molar-refractivity contribution in [3.05, 3.63) is 18.1 Å². The Balaban J connectivity index is 1.52. The fraction of sp³-hybridized carbons (Fsp3) is 0.706. The van der Waals surface area contributed by atoms with Gasteiger partial charge in [-0.1, -0.05) is 0 Å². The van der Waals surface area contributed by atoms with Crippen LogP contribution in [0.4, 0.5) is 14.6 Å². The number of nitrogens with one attached hydrogen (secondary N) is 2. The van der Waals surface area contributed by atoms with E-state index in [1.54, 1.807) is 0 Å². The van der Waals surface area contributed by atoms with Crippen LogP contribution in [0.2, 0.25) is 0 Å². The predicted octanol–water partition coefficient (Wildman–Crippen LogP) is 2.82. The van der Waals surface area contributed by atoms with E-state index in [9.17, 15) is 13.6 Å². The van der Waals surface area contributed by atoms with Gasteiger partial charge in [0.25, 0.3) is 6.43 Å². The molecule has 1 unspecified atom stereocenters. The summed E-state index contributed by atoms with van der Waals surface area (Å²) in [5.41, 5.74) is -0.516. The summed E-state index contributed by atoms with van der Waals surface area (Å²) in [5, 5.41) is 6.33. The minimum atomic E-state index is -2.61. The van der Waals surface area contributed by atoms with Gasteiger partial charge in [0.05, 0.1) is 0 Å². The molecule has 25 heavy (non-hydrogen) atoms. The largest absolute Gasteiger partial charge is 0.368 e. The minimum Gasteiger partial charge on any atom is -0.368 e. The number of ether oxygens (including phenoxy) is 1. The summed E-state index contributed by atoms with van der Waals surface area (Å²) in [6, 6.07) is 1.43. The van der Waals surface area contributed by atoms with Crippen molar-refractivity contribution in [2.24, 2.45) is 0 Å². The molecule has 1 atom stereocenters. The Morgan fingerprint density at radius 1 is 1.32 bits per heavy atom. The molecule has 1 aromatic rings. The van der Waals surface area contributed by atoms with Gasteiger partial charge in [0, 0.05) is 24.3 Å². The molecule has 1 aliphatic heterocycles. The summed E-state index contributed by atoms with van der Waals surface area (Å²) in [6.07, 6.45) is 3.25. The van der Waals surface area contributed by atoms with E-state index in [4.69, 9.17) is 4.74 Å². The lowest BCUT2D eigenvalue weighted by Crippen LogP contribution is -2.48. The number of amides is 1. The third-order valence-corrected chi connectivity index (χ3v) is 5.00. The van der Waals surface area contributed by atoms with E-state index in [-0.39, 0.29) is 29.3 Å². The number of nitrogens with zero attached hydrogens (tertiary/aromatic N) is 2. The Bertz CT molecular complexity index is 600. The van der Waals surface area contributed by atoms with Gasteiger partial charge in [0.1, 0.15) is 23.9 Å². The van der Waals surface area contributed by atoms with Gasteiger partial charge in [-0.2, -0.15) is 0 Å². The maximum atomic E-state index is 12.8. The number of halogens is 2. The third kappa shape index (κ3) is 4.62. The predicted molar refractivity (Wildman–Crippen MR) is 88.4 cm³/mol. The summed E-state index contributed by atoms with van der Waals surface area (Å²) in [6.45, 7) is 2.71. The maximum Gasteiger partial charge on any atom is 0.280 e. The van der Waals surface area contributed by atoms with E-state index in [1.165, 1.54) is 6.07 Å². The fourth-order valence-corrected chi connectivity index (χ4v) is 3.47. The van der Waals surface area contributed by atoms with E-state index in [0.717, 1.165) is 44.9 Å². The highest BCUT2D eigenvalue weighted by Crippen LogP contribution is 2.32. The molecule has 1 amide bonds. The van der Waals surface area contributed by atoms with Crippen LogP contribution in [0.15, 0.2) is 12.4 Å². The van der Waals surface area contributed by atoms with Crippen LogP contribution in [0.1, 0.15) is 57.6 Å². The standard InChI is InChI=1S/C17H24F2N4O2/c1-17(23-14-9-12(15(18)19)20-10-21-14)6-4-11(5-7-17)22-16(24)13-3-2-8-25-13/h9-11,13,15H,2-8H2,1H3,(H,22,24)(H,20,21,23). The lowest BCUT2D eigenvalue weighted by atomic mass is 9.80. The van der Waals surface area contributed by atoms with Crippen molar-refractivity contribution in [1.29, 1.82) is 0 Å². The Morgan fingerprint density at radius 2 is 2.08 bits per heavy atom. The molecule has 0 bridgehead atoms. The van der Waals surface area contributed by atoms with E-state index in [2.05, 4.69) is 27.5 Å². The molecule has 2 N–H and O–H groups in total. The van der Waals surface area contributed by atoms with Crippen LogP contribution in [0, 0.1) is 0 Å². The average molecular weight is 354 g/mol. The smallest absolute Gasteiger partial charge is 0.280 e. The number of anilines is 1. The molecule has 2 heterocycles. The highest BCUT2D eigenvalue weighted by Gasteiger charge is 2.33. The van der Waals surface area contributed by atoms with Crippen molar-refractivity contribution in [3.63, 3.8) is 0 Å². The molecular formula is C17H24F2N4O2. The zero-order chi connectivity index (χ0) is 17.9. The number of hydrogen-bond donors (Lipinski definition) is 2. The first-order chi connectivity index (χ1) is 12.0. The van der Waals surface area contributed by atoms with Crippen molar-refractivity contribution in [1.82, 2.24) is 15.3 Å². The van der Waals surface area contributed by atoms with Crippen LogP contribution in [0.3, 0.4) is 0 Å². The normalized spacial score (nSPS) is 29.6. The van der Waals surface area contributed by atoms with Crippen LogP contribution < -0.4 is 10.6 Å². The van der Waals surface area contributed by atoms with Crippen molar-refractivity contribution in [2.75, 3.05) is 11.9 Å². The maximum absolute atomic E-state index is 12.8. The first kappa shape index (κ1) is 18.0. The quantitative estimate of drug-likeness (QED) is 0.850. The molecule has 6 nitrogen and oxygen atoms in total. The van der Waals surface area contributed by atoms with E-state index in [1.807, 2.05) is 0 Å². The summed E-state index contributed by atoms with van der Waals surface area (Å²) in [5.74, 6) is 0.395. The Morgan fingerprint density at radius 3 is 2.72 bits per heavy atom. The van der Waals surface area contributed by atoms with E-state index < -0.39 is 6.43 Å². The molecule has 0 radical (unpaired) electrons. The number of carbonyl (C=O) groups excluding carboxylic acids is 1. The monoisotopic (exact) mass is 354 g/mol. The summed E-state index contributed by atoms with van der Waals surface area (Å²) < 4.78 is 30.9. The molecule has 138 valence electrons. The van der Waals surface area contributed by atoms with Crippen molar-refractivity contribution >= 4 is 11.7 Å². The molecule has 3 rings (SSSR count). The van der Waals surface area contributed by atoms with Crippen molar-refractivity contribution < 1.29 is 18.3 Å². The summed E-state index contributed by atoms with van der Waals surface area (Å²) >= 11 is 0. The van der Waals surface area contributed by atoms with Gasteiger partial charge in [-0.3, -0.25) is 4.79 Å². The molecule has 1 saturated carbocycles. The first-order valence-electron chi connectivity index (χ1n) is 8.75.